The molecule has 0 bridgehead atoms. The van der Waals surface area contributed by atoms with E-state index in [1.54, 1.807) is 0 Å². The summed E-state index contributed by atoms with van der Waals surface area (Å²) in [5, 5.41) is 5.58. The van der Waals surface area contributed by atoms with Gasteiger partial charge in [-0.05, 0) is 49.7 Å². The highest BCUT2D eigenvalue weighted by Gasteiger charge is 2.40. The largest absolute Gasteiger partial charge is 0.335 e. The summed E-state index contributed by atoms with van der Waals surface area (Å²) in [6, 6.07) is 9.04. The lowest BCUT2D eigenvalue weighted by atomic mass is 10.1. The molecule has 23 heavy (non-hydrogen) atoms. The lowest BCUT2D eigenvalue weighted by molar-refractivity contribution is -0.133. The van der Waals surface area contributed by atoms with Gasteiger partial charge in [0.1, 0.15) is 0 Å². The number of nitrogens with zero attached hydrogens (tertiary/aromatic N) is 1. The maximum absolute atomic E-state index is 12.7. The molecular weight excluding hydrogens is 290 g/mol. The number of rotatable bonds is 5. The van der Waals surface area contributed by atoms with E-state index in [0.717, 1.165) is 38.5 Å². The van der Waals surface area contributed by atoms with Crippen molar-refractivity contribution in [1.29, 1.82) is 0 Å². The monoisotopic (exact) mass is 313 g/mol. The first-order valence-corrected chi connectivity index (χ1v) is 8.65. The van der Waals surface area contributed by atoms with Gasteiger partial charge in [0.15, 0.2) is 0 Å². The van der Waals surface area contributed by atoms with Crippen molar-refractivity contribution in [1.82, 2.24) is 15.5 Å². The van der Waals surface area contributed by atoms with Gasteiger partial charge in [-0.15, -0.1) is 0 Å². The van der Waals surface area contributed by atoms with E-state index in [4.69, 9.17) is 0 Å². The van der Waals surface area contributed by atoms with E-state index in [1.807, 2.05) is 11.0 Å². The van der Waals surface area contributed by atoms with Crippen LogP contribution in [0, 0.1) is 0 Å². The summed E-state index contributed by atoms with van der Waals surface area (Å²) in [6.45, 7) is 0.0910. The van der Waals surface area contributed by atoms with Gasteiger partial charge in [-0.1, -0.05) is 24.3 Å². The second kappa shape index (κ2) is 5.87. The first-order chi connectivity index (χ1) is 11.2. The second-order valence-electron chi connectivity index (χ2n) is 6.89. The first kappa shape index (κ1) is 14.5. The first-order valence-electron chi connectivity index (χ1n) is 8.65. The third kappa shape index (κ3) is 3.19. The number of benzene rings is 1. The number of fused-ring (bicyclic) bond motifs is 1. The Bertz CT molecular complexity index is 622. The van der Waals surface area contributed by atoms with E-state index in [-0.39, 0.29) is 24.5 Å². The maximum atomic E-state index is 12.7. The van der Waals surface area contributed by atoms with Gasteiger partial charge < -0.3 is 15.5 Å². The summed E-state index contributed by atoms with van der Waals surface area (Å²) in [5.41, 5.74) is 2.64. The minimum atomic E-state index is -0.219. The van der Waals surface area contributed by atoms with Crippen molar-refractivity contribution in [2.75, 3.05) is 6.54 Å². The van der Waals surface area contributed by atoms with Gasteiger partial charge in [-0.25, -0.2) is 4.79 Å². The zero-order chi connectivity index (χ0) is 15.8. The number of hydrogen-bond donors (Lipinski definition) is 2. The van der Waals surface area contributed by atoms with Crippen LogP contribution in [-0.4, -0.2) is 35.5 Å². The fourth-order valence-electron chi connectivity index (χ4n) is 3.52. The Morgan fingerprint density at radius 3 is 2.61 bits per heavy atom. The van der Waals surface area contributed by atoms with Gasteiger partial charge in [-0.2, -0.15) is 0 Å². The molecule has 0 saturated heterocycles. The molecule has 1 aromatic carbocycles. The average Bonchev–Trinajstić information content (AvgIpc) is 3.47. The number of hydrogen-bond acceptors (Lipinski definition) is 2. The summed E-state index contributed by atoms with van der Waals surface area (Å²) < 4.78 is 0. The molecule has 5 heteroatoms. The Balaban J connectivity index is 1.41. The van der Waals surface area contributed by atoms with Crippen molar-refractivity contribution >= 4 is 11.9 Å². The molecule has 0 heterocycles. The van der Waals surface area contributed by atoms with Crippen molar-refractivity contribution in [3.8, 4) is 0 Å². The van der Waals surface area contributed by atoms with Crippen LogP contribution in [0.3, 0.4) is 0 Å². The summed E-state index contributed by atoms with van der Waals surface area (Å²) in [7, 11) is 0. The number of aryl methyl sites for hydroxylation is 1. The van der Waals surface area contributed by atoms with Gasteiger partial charge >= 0.3 is 6.03 Å². The van der Waals surface area contributed by atoms with Gasteiger partial charge in [-0.3, -0.25) is 4.79 Å². The molecule has 1 unspecified atom stereocenters. The Hall–Kier alpha value is -2.04. The normalized spacial score (nSPS) is 22.3. The summed E-state index contributed by atoms with van der Waals surface area (Å²) in [5.74, 6) is 0.0418. The number of amides is 3. The lowest BCUT2D eigenvalue weighted by Crippen LogP contribution is -2.45. The van der Waals surface area contributed by atoms with E-state index in [9.17, 15) is 9.59 Å². The van der Waals surface area contributed by atoms with Crippen LogP contribution < -0.4 is 10.6 Å². The Morgan fingerprint density at radius 1 is 1.09 bits per heavy atom. The molecular formula is C18H23N3O2. The Kier molecular flexibility index (Phi) is 3.71. The van der Waals surface area contributed by atoms with Crippen LogP contribution in [0.1, 0.15) is 49.3 Å². The molecule has 5 nitrogen and oxygen atoms in total. The maximum Gasteiger partial charge on any atom is 0.315 e. The highest BCUT2D eigenvalue weighted by atomic mass is 16.2. The molecule has 3 aliphatic rings. The van der Waals surface area contributed by atoms with Crippen molar-refractivity contribution in [3.63, 3.8) is 0 Å². The molecule has 2 N–H and O–H groups in total. The van der Waals surface area contributed by atoms with E-state index in [0.29, 0.717) is 12.1 Å². The molecule has 0 aliphatic heterocycles. The van der Waals surface area contributed by atoms with Gasteiger partial charge in [0.25, 0.3) is 0 Å². The number of nitrogens with one attached hydrogen (secondary N) is 2. The van der Waals surface area contributed by atoms with Gasteiger partial charge in [0.2, 0.25) is 5.91 Å². The second-order valence-corrected chi connectivity index (χ2v) is 6.89. The van der Waals surface area contributed by atoms with Gasteiger partial charge in [0.05, 0.1) is 12.6 Å². The van der Waals surface area contributed by atoms with E-state index >= 15 is 0 Å². The van der Waals surface area contributed by atoms with E-state index in [1.165, 1.54) is 11.1 Å². The molecule has 0 radical (unpaired) electrons. The van der Waals surface area contributed by atoms with Crippen LogP contribution in [0.4, 0.5) is 4.79 Å². The third-order valence-electron chi connectivity index (χ3n) is 4.98. The van der Waals surface area contributed by atoms with Crippen molar-refractivity contribution in [2.24, 2.45) is 0 Å². The zero-order valence-corrected chi connectivity index (χ0v) is 13.3. The SMILES string of the molecule is O=C(NCC(=O)N(C1CC1)C1CCc2ccccc21)NC1CC1. The molecule has 0 aromatic heterocycles. The highest BCUT2D eigenvalue weighted by Crippen LogP contribution is 2.41. The molecule has 2 saturated carbocycles. The Morgan fingerprint density at radius 2 is 1.87 bits per heavy atom. The predicted octanol–water partition coefficient (Wildman–Crippen LogP) is 2.13. The predicted molar refractivity (Wildman–Crippen MR) is 86.9 cm³/mol. The molecule has 0 spiro atoms. The minimum absolute atomic E-state index is 0.0418. The average molecular weight is 313 g/mol. The van der Waals surface area contributed by atoms with Crippen LogP contribution in [-0.2, 0) is 11.2 Å². The summed E-state index contributed by atoms with van der Waals surface area (Å²) in [6.07, 6.45) is 6.29. The number of carbonyl (C=O) groups is 2. The fourth-order valence-corrected chi connectivity index (χ4v) is 3.52. The van der Waals surface area contributed by atoms with Crippen molar-refractivity contribution in [2.45, 2.75) is 56.7 Å². The summed E-state index contributed by atoms with van der Waals surface area (Å²) >= 11 is 0. The lowest BCUT2D eigenvalue weighted by Gasteiger charge is -2.30. The molecule has 4 rings (SSSR count). The molecule has 2 fully saturated rings. The van der Waals surface area contributed by atoms with Crippen molar-refractivity contribution < 1.29 is 9.59 Å². The molecule has 1 aromatic rings. The van der Waals surface area contributed by atoms with Crippen LogP contribution in [0.25, 0.3) is 0 Å². The highest BCUT2D eigenvalue weighted by molar-refractivity contribution is 5.85. The zero-order valence-electron chi connectivity index (χ0n) is 13.3. The number of carbonyl (C=O) groups excluding carboxylic acids is 2. The fraction of sp³-hybridized carbons (Fsp3) is 0.556. The van der Waals surface area contributed by atoms with Crippen LogP contribution >= 0.6 is 0 Å². The molecule has 1 atom stereocenters. The van der Waals surface area contributed by atoms with Crippen LogP contribution in [0.2, 0.25) is 0 Å². The van der Waals surface area contributed by atoms with Crippen LogP contribution in [0.15, 0.2) is 24.3 Å². The third-order valence-corrected chi connectivity index (χ3v) is 4.98. The minimum Gasteiger partial charge on any atom is -0.335 e. The van der Waals surface area contributed by atoms with Gasteiger partial charge in [0, 0.05) is 12.1 Å². The number of urea groups is 1. The summed E-state index contributed by atoms with van der Waals surface area (Å²) in [4.78, 5) is 26.5. The van der Waals surface area contributed by atoms with E-state index in [2.05, 4.69) is 28.8 Å². The van der Waals surface area contributed by atoms with Crippen molar-refractivity contribution in [3.05, 3.63) is 35.4 Å². The quantitative estimate of drug-likeness (QED) is 0.875. The van der Waals surface area contributed by atoms with E-state index < -0.39 is 0 Å². The smallest absolute Gasteiger partial charge is 0.315 e. The molecule has 3 aliphatic carbocycles. The molecule has 122 valence electrons. The Labute approximate surface area is 136 Å². The molecule has 3 amide bonds. The standard InChI is InChI=1S/C18H23N3O2/c22-17(11-19-18(23)20-13-6-7-13)21(14-8-9-14)16-10-5-12-3-1-2-4-15(12)16/h1-4,13-14,16H,5-11H2,(H2,19,20,23). The topological polar surface area (TPSA) is 61.4 Å². The van der Waals surface area contributed by atoms with Crippen LogP contribution in [0.5, 0.6) is 0 Å².